The highest BCUT2D eigenvalue weighted by Gasteiger charge is 2.26. The van der Waals surface area contributed by atoms with Crippen molar-refractivity contribution in [3.63, 3.8) is 0 Å². The summed E-state index contributed by atoms with van der Waals surface area (Å²) in [5, 5.41) is 16.6. The number of carboxylic acid groups (broad SMARTS) is 1. The summed E-state index contributed by atoms with van der Waals surface area (Å²) in [4.78, 5) is 47.4. The number of nitrogens with one attached hydrogen (secondary N) is 3. The van der Waals surface area contributed by atoms with Crippen LogP contribution in [0, 0.1) is 5.92 Å². The minimum absolute atomic E-state index is 0.227. The maximum atomic E-state index is 12.5. The van der Waals surface area contributed by atoms with Crippen molar-refractivity contribution in [2.24, 2.45) is 11.7 Å². The van der Waals surface area contributed by atoms with Gasteiger partial charge in [0, 0.05) is 6.42 Å². The van der Waals surface area contributed by atoms with E-state index in [9.17, 15) is 24.3 Å². The molecule has 154 valence electrons. The Kier molecular flexibility index (Phi) is 9.66. The van der Waals surface area contributed by atoms with Crippen LogP contribution in [0.5, 0.6) is 0 Å². The first kappa shape index (κ1) is 23.1. The fraction of sp³-hybridized carbons (Fsp3) is 0.474. The second kappa shape index (κ2) is 11.7. The van der Waals surface area contributed by atoms with Crippen molar-refractivity contribution in [3.8, 4) is 0 Å². The van der Waals surface area contributed by atoms with Gasteiger partial charge in [-0.1, -0.05) is 50.6 Å². The van der Waals surface area contributed by atoms with E-state index >= 15 is 0 Å². The summed E-state index contributed by atoms with van der Waals surface area (Å²) in [7, 11) is 0. The van der Waals surface area contributed by atoms with E-state index in [2.05, 4.69) is 16.0 Å². The largest absolute Gasteiger partial charge is 0.480 e. The molecule has 9 heteroatoms. The molecule has 0 heterocycles. The number of benzene rings is 1. The Balaban J connectivity index is 2.69. The van der Waals surface area contributed by atoms with Crippen LogP contribution in [0.1, 0.15) is 25.8 Å². The van der Waals surface area contributed by atoms with Crippen molar-refractivity contribution in [1.29, 1.82) is 0 Å². The Hall–Kier alpha value is -2.94. The lowest BCUT2D eigenvalue weighted by Gasteiger charge is -2.21. The smallest absolute Gasteiger partial charge is 0.326 e. The first-order valence-corrected chi connectivity index (χ1v) is 9.11. The molecule has 0 fully saturated rings. The third-order valence-corrected chi connectivity index (χ3v) is 4.34. The molecule has 0 aromatic heterocycles. The molecule has 1 aromatic rings. The molecule has 9 nitrogen and oxygen atoms in total. The molecule has 3 amide bonds. The summed E-state index contributed by atoms with van der Waals surface area (Å²) in [6, 6.07) is 7.13. The van der Waals surface area contributed by atoms with Crippen LogP contribution in [0.3, 0.4) is 0 Å². The van der Waals surface area contributed by atoms with Crippen molar-refractivity contribution in [3.05, 3.63) is 35.9 Å². The first-order chi connectivity index (χ1) is 13.3. The maximum Gasteiger partial charge on any atom is 0.326 e. The molecular formula is C19H28N4O5. The number of hydrogen-bond acceptors (Lipinski definition) is 5. The van der Waals surface area contributed by atoms with E-state index in [1.807, 2.05) is 37.3 Å². The van der Waals surface area contributed by atoms with Gasteiger partial charge < -0.3 is 26.8 Å². The number of amides is 3. The van der Waals surface area contributed by atoms with Crippen LogP contribution < -0.4 is 21.7 Å². The Morgan fingerprint density at radius 3 is 2.25 bits per heavy atom. The van der Waals surface area contributed by atoms with Crippen molar-refractivity contribution >= 4 is 23.7 Å². The highest BCUT2D eigenvalue weighted by atomic mass is 16.4. The maximum absolute atomic E-state index is 12.5. The lowest BCUT2D eigenvalue weighted by atomic mass is 9.99. The average Bonchev–Trinajstić information content (AvgIpc) is 2.69. The van der Waals surface area contributed by atoms with Gasteiger partial charge in [0.25, 0.3) is 0 Å². The molecule has 0 unspecified atom stereocenters. The predicted molar refractivity (Wildman–Crippen MR) is 103 cm³/mol. The zero-order valence-electron chi connectivity index (χ0n) is 16.1. The summed E-state index contributed by atoms with van der Waals surface area (Å²) >= 11 is 0. The number of aliphatic carboxylic acids is 1. The fourth-order valence-electron chi connectivity index (χ4n) is 2.51. The molecule has 0 aliphatic rings. The summed E-state index contributed by atoms with van der Waals surface area (Å²) in [5.41, 5.74) is 6.12. The first-order valence-electron chi connectivity index (χ1n) is 9.11. The summed E-state index contributed by atoms with van der Waals surface area (Å²) in [6.45, 7) is 2.87. The molecule has 0 bridgehead atoms. The highest BCUT2D eigenvalue weighted by molar-refractivity contribution is 5.92. The minimum atomic E-state index is -1.13. The van der Waals surface area contributed by atoms with E-state index < -0.39 is 42.3 Å². The number of carboxylic acids is 1. The molecule has 3 atom stereocenters. The van der Waals surface area contributed by atoms with Gasteiger partial charge in [-0.05, 0) is 11.5 Å². The SMILES string of the molecule is CC[C@H](C)[C@H](NC(=O)CNC(=O)[C@H](Cc1ccccc1)NC(=O)CN)C(=O)O. The van der Waals surface area contributed by atoms with Crippen molar-refractivity contribution in [2.75, 3.05) is 13.1 Å². The molecule has 6 N–H and O–H groups in total. The molecular weight excluding hydrogens is 364 g/mol. The van der Waals surface area contributed by atoms with Crippen LogP contribution in [-0.2, 0) is 25.6 Å². The Labute approximate surface area is 164 Å². The molecule has 28 heavy (non-hydrogen) atoms. The molecule has 0 aliphatic carbocycles. The number of hydrogen-bond donors (Lipinski definition) is 5. The third kappa shape index (κ3) is 7.75. The van der Waals surface area contributed by atoms with Crippen molar-refractivity contribution in [1.82, 2.24) is 16.0 Å². The predicted octanol–water partition coefficient (Wildman–Crippen LogP) is -0.596. The number of carbonyl (C=O) groups excluding carboxylic acids is 3. The monoisotopic (exact) mass is 392 g/mol. The third-order valence-electron chi connectivity index (χ3n) is 4.34. The molecule has 0 saturated carbocycles. The molecule has 1 rings (SSSR count). The Morgan fingerprint density at radius 1 is 1.07 bits per heavy atom. The van der Waals surface area contributed by atoms with Gasteiger partial charge in [0.1, 0.15) is 12.1 Å². The van der Waals surface area contributed by atoms with Crippen LogP contribution in [0.2, 0.25) is 0 Å². The zero-order chi connectivity index (χ0) is 21.1. The van der Waals surface area contributed by atoms with E-state index in [-0.39, 0.29) is 18.9 Å². The number of rotatable bonds is 11. The summed E-state index contributed by atoms with van der Waals surface area (Å²) in [6.07, 6.45) is 0.804. The molecule has 0 radical (unpaired) electrons. The summed E-state index contributed by atoms with van der Waals surface area (Å²) < 4.78 is 0. The van der Waals surface area contributed by atoms with Crippen LogP contribution in [0.25, 0.3) is 0 Å². The topological polar surface area (TPSA) is 151 Å². The standard InChI is InChI=1S/C19H28N4O5/c1-3-12(2)17(19(27)28)23-16(25)11-21-18(26)14(22-15(24)10-20)9-13-7-5-4-6-8-13/h4-8,12,14,17H,3,9-11,20H2,1-2H3,(H,21,26)(H,22,24)(H,23,25)(H,27,28)/t12-,14-,17-/m0/s1. The quantitative estimate of drug-likeness (QED) is 0.339. The fourth-order valence-corrected chi connectivity index (χ4v) is 2.51. The highest BCUT2D eigenvalue weighted by Crippen LogP contribution is 2.07. The summed E-state index contributed by atoms with van der Waals surface area (Å²) in [5.74, 6) is -3.07. The lowest BCUT2D eigenvalue weighted by molar-refractivity contribution is -0.143. The van der Waals surface area contributed by atoms with Crippen LogP contribution >= 0.6 is 0 Å². The zero-order valence-corrected chi connectivity index (χ0v) is 16.1. The Bertz CT molecular complexity index is 680. The van der Waals surface area contributed by atoms with E-state index in [4.69, 9.17) is 5.73 Å². The van der Waals surface area contributed by atoms with Gasteiger partial charge in [-0.2, -0.15) is 0 Å². The van der Waals surface area contributed by atoms with Gasteiger partial charge in [0.05, 0.1) is 13.1 Å². The Morgan fingerprint density at radius 2 is 1.71 bits per heavy atom. The average molecular weight is 392 g/mol. The van der Waals surface area contributed by atoms with E-state index in [1.54, 1.807) is 6.92 Å². The second-order valence-electron chi connectivity index (χ2n) is 6.50. The van der Waals surface area contributed by atoms with E-state index in [0.29, 0.717) is 6.42 Å². The van der Waals surface area contributed by atoms with Gasteiger partial charge in [-0.3, -0.25) is 14.4 Å². The lowest BCUT2D eigenvalue weighted by Crippen LogP contribution is -2.53. The normalized spacial score (nSPS) is 13.7. The van der Waals surface area contributed by atoms with Gasteiger partial charge in [0.2, 0.25) is 17.7 Å². The van der Waals surface area contributed by atoms with Crippen molar-refractivity contribution in [2.45, 2.75) is 38.8 Å². The second-order valence-corrected chi connectivity index (χ2v) is 6.50. The van der Waals surface area contributed by atoms with Crippen LogP contribution in [0.4, 0.5) is 0 Å². The van der Waals surface area contributed by atoms with Gasteiger partial charge >= 0.3 is 5.97 Å². The minimum Gasteiger partial charge on any atom is -0.480 e. The van der Waals surface area contributed by atoms with Crippen LogP contribution in [-0.4, -0.2) is 54.0 Å². The van der Waals surface area contributed by atoms with Crippen molar-refractivity contribution < 1.29 is 24.3 Å². The number of nitrogens with two attached hydrogens (primary N) is 1. The molecule has 1 aromatic carbocycles. The van der Waals surface area contributed by atoms with E-state index in [1.165, 1.54) is 0 Å². The number of carbonyl (C=O) groups is 4. The van der Waals surface area contributed by atoms with Gasteiger partial charge in [0.15, 0.2) is 0 Å². The van der Waals surface area contributed by atoms with Crippen LogP contribution in [0.15, 0.2) is 30.3 Å². The van der Waals surface area contributed by atoms with Gasteiger partial charge in [-0.15, -0.1) is 0 Å². The molecule has 0 saturated heterocycles. The van der Waals surface area contributed by atoms with E-state index in [0.717, 1.165) is 5.56 Å². The molecule has 0 spiro atoms. The van der Waals surface area contributed by atoms with Gasteiger partial charge in [-0.25, -0.2) is 4.79 Å². The molecule has 0 aliphatic heterocycles.